The van der Waals surface area contributed by atoms with Crippen LogP contribution in [0.15, 0.2) is 71.6 Å². The molecule has 0 aliphatic carbocycles. The highest BCUT2D eigenvalue weighted by Gasteiger charge is 2.11. The lowest BCUT2D eigenvalue weighted by Gasteiger charge is -2.16. The van der Waals surface area contributed by atoms with Crippen molar-refractivity contribution in [2.75, 3.05) is 5.75 Å². The monoisotopic (exact) mass is 378 g/mol. The lowest BCUT2D eigenvalue weighted by atomic mass is 9.89. The van der Waals surface area contributed by atoms with Crippen LogP contribution >= 0.6 is 11.8 Å². The summed E-state index contributed by atoms with van der Waals surface area (Å²) in [4.78, 5) is 11.8. The van der Waals surface area contributed by atoms with Gasteiger partial charge in [0.15, 0.2) is 0 Å². The zero-order valence-electron chi connectivity index (χ0n) is 15.7. The molecule has 3 aromatic rings. The molecule has 3 aromatic carbocycles. The number of hydrogen-bond donors (Lipinski definition) is 1. The molecule has 3 rings (SSSR count). The minimum absolute atomic E-state index is 0.196. The second kappa shape index (κ2) is 9.61. The van der Waals surface area contributed by atoms with Crippen molar-refractivity contribution in [1.82, 2.24) is 0 Å². The number of aliphatic carboxylic acids is 1. The van der Waals surface area contributed by atoms with E-state index in [9.17, 15) is 4.79 Å². The van der Waals surface area contributed by atoms with Gasteiger partial charge in [-0.15, -0.1) is 11.8 Å². The summed E-state index contributed by atoms with van der Waals surface area (Å²) in [6.07, 6.45) is 3.61. The van der Waals surface area contributed by atoms with E-state index in [2.05, 4.69) is 73.7 Å². The van der Waals surface area contributed by atoms with E-state index < -0.39 is 5.97 Å². The molecule has 1 unspecified atom stereocenters. The predicted octanol–water partition coefficient (Wildman–Crippen LogP) is 6.53. The summed E-state index contributed by atoms with van der Waals surface area (Å²) in [6, 6.07) is 23.9. The van der Waals surface area contributed by atoms with Crippen LogP contribution in [0.4, 0.5) is 0 Å². The molecule has 0 bridgehead atoms. The molecule has 0 saturated heterocycles. The first kappa shape index (κ1) is 19.5. The van der Waals surface area contributed by atoms with Crippen molar-refractivity contribution in [3.05, 3.63) is 77.9 Å². The minimum atomic E-state index is -0.742. The third-order valence-corrected chi connectivity index (χ3v) is 6.00. The van der Waals surface area contributed by atoms with Gasteiger partial charge in [0, 0.05) is 10.6 Å². The van der Waals surface area contributed by atoms with Crippen LogP contribution in [-0.2, 0) is 11.2 Å². The highest BCUT2D eigenvalue weighted by Crippen LogP contribution is 2.30. The Labute approximate surface area is 165 Å². The number of carboxylic acids is 1. The SMILES string of the molecule is CCC(CCc1ccccc1)c1ccc2cc(SCCC(=O)O)ccc2c1. The van der Waals surface area contributed by atoms with Crippen LogP contribution in [0.25, 0.3) is 10.8 Å². The van der Waals surface area contributed by atoms with Crippen LogP contribution in [0.3, 0.4) is 0 Å². The van der Waals surface area contributed by atoms with Crippen LogP contribution in [0, 0.1) is 0 Å². The molecule has 1 N–H and O–H groups in total. The van der Waals surface area contributed by atoms with Crippen LogP contribution in [0.1, 0.15) is 43.2 Å². The first-order chi connectivity index (χ1) is 13.2. The first-order valence-corrected chi connectivity index (χ1v) is 10.6. The maximum absolute atomic E-state index is 10.7. The van der Waals surface area contributed by atoms with Gasteiger partial charge in [-0.05, 0) is 59.2 Å². The molecular formula is C24H26O2S. The third kappa shape index (κ3) is 5.61. The summed E-state index contributed by atoms with van der Waals surface area (Å²) >= 11 is 1.60. The van der Waals surface area contributed by atoms with Gasteiger partial charge in [-0.1, -0.05) is 61.5 Å². The number of rotatable bonds is 9. The van der Waals surface area contributed by atoms with Crippen molar-refractivity contribution in [1.29, 1.82) is 0 Å². The summed E-state index contributed by atoms with van der Waals surface area (Å²) in [5.41, 5.74) is 2.81. The summed E-state index contributed by atoms with van der Waals surface area (Å²) in [6.45, 7) is 2.27. The van der Waals surface area contributed by atoms with Gasteiger partial charge in [0.2, 0.25) is 0 Å². The lowest BCUT2D eigenvalue weighted by Crippen LogP contribution is -2.00. The number of carboxylic acid groups (broad SMARTS) is 1. The second-order valence-corrected chi connectivity index (χ2v) is 8.06. The Hall–Kier alpha value is -2.26. The summed E-state index contributed by atoms with van der Waals surface area (Å²) in [5, 5.41) is 11.2. The zero-order valence-corrected chi connectivity index (χ0v) is 16.5. The Balaban J connectivity index is 1.69. The van der Waals surface area contributed by atoms with E-state index in [1.807, 2.05) is 0 Å². The van der Waals surface area contributed by atoms with Crippen LogP contribution < -0.4 is 0 Å². The maximum atomic E-state index is 10.7. The van der Waals surface area contributed by atoms with Gasteiger partial charge in [-0.25, -0.2) is 0 Å². The van der Waals surface area contributed by atoms with Crippen LogP contribution in [0.2, 0.25) is 0 Å². The molecule has 1 atom stereocenters. The average Bonchev–Trinajstić information content (AvgIpc) is 2.69. The minimum Gasteiger partial charge on any atom is -0.481 e. The zero-order chi connectivity index (χ0) is 19.1. The predicted molar refractivity (Wildman–Crippen MR) is 115 cm³/mol. The van der Waals surface area contributed by atoms with Gasteiger partial charge in [0.25, 0.3) is 0 Å². The van der Waals surface area contributed by atoms with Crippen molar-refractivity contribution in [2.45, 2.75) is 43.4 Å². The third-order valence-electron chi connectivity index (χ3n) is 5.01. The van der Waals surface area contributed by atoms with E-state index in [1.165, 1.54) is 21.9 Å². The largest absolute Gasteiger partial charge is 0.481 e. The van der Waals surface area contributed by atoms with Gasteiger partial charge >= 0.3 is 5.97 Å². The van der Waals surface area contributed by atoms with Gasteiger partial charge in [0.1, 0.15) is 0 Å². The number of aryl methyl sites for hydroxylation is 1. The Kier molecular flexibility index (Phi) is 6.94. The summed E-state index contributed by atoms with van der Waals surface area (Å²) in [7, 11) is 0. The van der Waals surface area contributed by atoms with Crippen molar-refractivity contribution in [3.8, 4) is 0 Å². The molecule has 0 fully saturated rings. The second-order valence-electron chi connectivity index (χ2n) is 6.89. The normalized spacial score (nSPS) is 12.2. The highest BCUT2D eigenvalue weighted by molar-refractivity contribution is 7.99. The molecule has 3 heteroatoms. The first-order valence-electron chi connectivity index (χ1n) is 9.58. The van der Waals surface area contributed by atoms with Crippen molar-refractivity contribution in [2.24, 2.45) is 0 Å². The van der Waals surface area contributed by atoms with Gasteiger partial charge in [0.05, 0.1) is 6.42 Å². The van der Waals surface area contributed by atoms with Crippen molar-refractivity contribution in [3.63, 3.8) is 0 Å². The van der Waals surface area contributed by atoms with Gasteiger partial charge in [-0.3, -0.25) is 4.79 Å². The summed E-state index contributed by atoms with van der Waals surface area (Å²) < 4.78 is 0. The number of thioether (sulfide) groups is 1. The Morgan fingerprint density at radius 2 is 1.74 bits per heavy atom. The molecule has 27 heavy (non-hydrogen) atoms. The summed E-state index contributed by atoms with van der Waals surface area (Å²) in [5.74, 6) is 0.435. The van der Waals surface area contributed by atoms with E-state index in [-0.39, 0.29) is 6.42 Å². The number of carbonyl (C=O) groups is 1. The standard InChI is InChI=1S/C24H26O2S/c1-2-19(9-8-18-6-4-3-5-7-18)20-10-11-22-17-23(13-12-21(22)16-20)27-15-14-24(25)26/h3-7,10-13,16-17,19H,2,8-9,14-15H2,1H3,(H,25,26). The smallest absolute Gasteiger partial charge is 0.304 e. The molecule has 0 amide bonds. The van der Waals surface area contributed by atoms with Crippen molar-refractivity contribution >= 4 is 28.5 Å². The molecule has 0 radical (unpaired) electrons. The fourth-order valence-corrected chi connectivity index (χ4v) is 4.32. The number of fused-ring (bicyclic) bond motifs is 1. The van der Waals surface area contributed by atoms with Gasteiger partial charge in [-0.2, -0.15) is 0 Å². The van der Waals surface area contributed by atoms with E-state index in [4.69, 9.17) is 5.11 Å². The average molecular weight is 379 g/mol. The van der Waals surface area contributed by atoms with E-state index in [1.54, 1.807) is 11.8 Å². The highest BCUT2D eigenvalue weighted by atomic mass is 32.2. The molecule has 0 spiro atoms. The molecule has 140 valence electrons. The quantitative estimate of drug-likeness (QED) is 0.430. The fraction of sp³-hybridized carbons (Fsp3) is 0.292. The Morgan fingerprint density at radius 1 is 1.00 bits per heavy atom. The van der Waals surface area contributed by atoms with E-state index in [0.29, 0.717) is 11.7 Å². The van der Waals surface area contributed by atoms with Crippen LogP contribution in [-0.4, -0.2) is 16.8 Å². The maximum Gasteiger partial charge on any atom is 0.304 e. The molecule has 0 aliphatic heterocycles. The Bertz CT molecular complexity index is 889. The topological polar surface area (TPSA) is 37.3 Å². The van der Waals surface area contributed by atoms with Crippen LogP contribution in [0.5, 0.6) is 0 Å². The van der Waals surface area contributed by atoms with Crippen molar-refractivity contribution < 1.29 is 9.90 Å². The molecule has 2 nitrogen and oxygen atoms in total. The molecular weight excluding hydrogens is 352 g/mol. The number of benzene rings is 3. The van der Waals surface area contributed by atoms with E-state index >= 15 is 0 Å². The molecule has 0 heterocycles. The molecule has 0 saturated carbocycles. The number of hydrogen-bond acceptors (Lipinski definition) is 2. The fourth-order valence-electron chi connectivity index (χ4n) is 3.43. The molecule has 0 aliphatic rings. The van der Waals surface area contributed by atoms with Gasteiger partial charge < -0.3 is 5.11 Å². The Morgan fingerprint density at radius 3 is 2.48 bits per heavy atom. The lowest BCUT2D eigenvalue weighted by molar-refractivity contribution is -0.136. The molecule has 0 aromatic heterocycles. The van der Waals surface area contributed by atoms with E-state index in [0.717, 1.165) is 24.2 Å².